The van der Waals surface area contributed by atoms with Gasteiger partial charge in [0, 0.05) is 6.42 Å². The van der Waals surface area contributed by atoms with Crippen LogP contribution in [0, 0.1) is 0 Å². The van der Waals surface area contributed by atoms with Crippen molar-refractivity contribution < 1.29 is 9.90 Å². The number of rotatable bonds is 9. The topological polar surface area (TPSA) is 77.1 Å². The number of hydrogen-bond donors (Lipinski definition) is 1. The van der Waals surface area contributed by atoms with Crippen LogP contribution in [0.25, 0.3) is 11.1 Å². The van der Waals surface area contributed by atoms with Crippen LogP contribution in [0.15, 0.2) is 65.5 Å². The van der Waals surface area contributed by atoms with E-state index in [0.29, 0.717) is 18.7 Å². The van der Waals surface area contributed by atoms with E-state index in [-0.39, 0.29) is 11.3 Å². The minimum absolute atomic E-state index is 0.112. The summed E-state index contributed by atoms with van der Waals surface area (Å²) in [4.78, 5) is 24.3. The Morgan fingerprint density at radius 3 is 2.53 bits per heavy atom. The van der Waals surface area contributed by atoms with Crippen LogP contribution in [-0.4, -0.2) is 25.4 Å². The molecular weight excluding hydrogens is 378 g/mol. The highest BCUT2D eigenvalue weighted by Gasteiger charge is 2.14. The molecule has 0 bridgehead atoms. The van der Waals surface area contributed by atoms with Gasteiger partial charge < -0.3 is 5.11 Å². The molecular formula is C24H27N3O3. The molecule has 6 heteroatoms. The number of benzene rings is 2. The zero-order valence-corrected chi connectivity index (χ0v) is 17.4. The third kappa shape index (κ3) is 4.76. The first kappa shape index (κ1) is 21.3. The van der Waals surface area contributed by atoms with Crippen LogP contribution in [0.3, 0.4) is 0 Å². The molecule has 0 radical (unpaired) electrons. The molecule has 0 unspecified atom stereocenters. The summed E-state index contributed by atoms with van der Waals surface area (Å²) in [5, 5.41) is 13.9. The smallest absolute Gasteiger partial charge is 0.346 e. The SMILES string of the molecule is CC=CCn1nc(CCCC)n(Cc2ccc(-c3ccccc3C(=O)O)cc2)c1=O. The Bertz CT molecular complexity index is 1090. The summed E-state index contributed by atoms with van der Waals surface area (Å²) >= 11 is 0. The van der Waals surface area contributed by atoms with Crippen molar-refractivity contribution in [3.8, 4) is 11.1 Å². The number of carbonyl (C=O) groups is 1. The lowest BCUT2D eigenvalue weighted by atomic mass is 9.99. The average molecular weight is 405 g/mol. The second-order valence-electron chi connectivity index (χ2n) is 7.19. The molecule has 0 saturated heterocycles. The van der Waals surface area contributed by atoms with Gasteiger partial charge >= 0.3 is 11.7 Å². The fourth-order valence-electron chi connectivity index (χ4n) is 3.38. The maximum Gasteiger partial charge on any atom is 0.346 e. The van der Waals surface area contributed by atoms with Crippen LogP contribution in [-0.2, 0) is 19.5 Å². The summed E-state index contributed by atoms with van der Waals surface area (Å²) in [7, 11) is 0. The summed E-state index contributed by atoms with van der Waals surface area (Å²) in [5.74, 6) is -0.151. The lowest BCUT2D eigenvalue weighted by Gasteiger charge is -2.09. The van der Waals surface area contributed by atoms with Crippen molar-refractivity contribution in [2.45, 2.75) is 46.2 Å². The van der Waals surface area contributed by atoms with Crippen molar-refractivity contribution >= 4 is 5.97 Å². The number of unbranched alkanes of at least 4 members (excludes halogenated alkanes) is 1. The van der Waals surface area contributed by atoms with Gasteiger partial charge in [0.15, 0.2) is 0 Å². The monoisotopic (exact) mass is 405 g/mol. The van der Waals surface area contributed by atoms with Gasteiger partial charge in [0.1, 0.15) is 5.82 Å². The molecule has 1 N–H and O–H groups in total. The highest BCUT2D eigenvalue weighted by Crippen LogP contribution is 2.24. The maximum absolute atomic E-state index is 12.8. The molecule has 6 nitrogen and oxygen atoms in total. The van der Waals surface area contributed by atoms with E-state index in [2.05, 4.69) is 12.0 Å². The van der Waals surface area contributed by atoms with Crippen LogP contribution < -0.4 is 5.69 Å². The van der Waals surface area contributed by atoms with Gasteiger partial charge in [-0.1, -0.05) is 68.0 Å². The van der Waals surface area contributed by atoms with Gasteiger partial charge in [0.05, 0.1) is 18.7 Å². The quantitative estimate of drug-likeness (QED) is 0.536. The molecule has 0 saturated carbocycles. The van der Waals surface area contributed by atoms with E-state index in [1.54, 1.807) is 22.8 Å². The minimum Gasteiger partial charge on any atom is -0.478 e. The van der Waals surface area contributed by atoms with Crippen LogP contribution in [0.5, 0.6) is 0 Å². The molecule has 3 rings (SSSR count). The average Bonchev–Trinajstić information content (AvgIpc) is 3.05. The van der Waals surface area contributed by atoms with Gasteiger partial charge in [-0.3, -0.25) is 4.57 Å². The molecule has 3 aromatic rings. The fraction of sp³-hybridized carbons (Fsp3) is 0.292. The molecule has 30 heavy (non-hydrogen) atoms. The zero-order chi connectivity index (χ0) is 21.5. The first-order valence-electron chi connectivity index (χ1n) is 10.2. The normalized spacial score (nSPS) is 11.3. The number of nitrogens with zero attached hydrogens (tertiary/aromatic N) is 3. The van der Waals surface area contributed by atoms with Gasteiger partial charge in [0.25, 0.3) is 0 Å². The van der Waals surface area contributed by atoms with Crippen molar-refractivity contribution in [2.24, 2.45) is 0 Å². The van der Waals surface area contributed by atoms with E-state index in [1.165, 1.54) is 4.68 Å². The molecule has 156 valence electrons. The Balaban J connectivity index is 1.89. The van der Waals surface area contributed by atoms with Crippen molar-refractivity contribution in [2.75, 3.05) is 0 Å². The highest BCUT2D eigenvalue weighted by atomic mass is 16.4. The number of aromatic nitrogens is 3. The Labute approximate surface area is 176 Å². The summed E-state index contributed by atoms with van der Waals surface area (Å²) in [5.41, 5.74) is 2.64. The summed E-state index contributed by atoms with van der Waals surface area (Å²) in [6.07, 6.45) is 6.60. The van der Waals surface area contributed by atoms with Gasteiger partial charge in [-0.25, -0.2) is 14.3 Å². The van der Waals surface area contributed by atoms with Crippen molar-refractivity contribution in [3.05, 3.63) is 88.1 Å². The first-order chi connectivity index (χ1) is 14.5. The molecule has 0 amide bonds. The molecule has 0 aliphatic carbocycles. The maximum atomic E-state index is 12.8. The third-order valence-electron chi connectivity index (χ3n) is 5.03. The van der Waals surface area contributed by atoms with Crippen LogP contribution >= 0.6 is 0 Å². The van der Waals surface area contributed by atoms with Gasteiger partial charge in [-0.05, 0) is 36.1 Å². The Hall–Kier alpha value is -3.41. The number of hydrogen-bond acceptors (Lipinski definition) is 3. The van der Waals surface area contributed by atoms with Crippen LogP contribution in [0.4, 0.5) is 0 Å². The standard InChI is InChI=1S/C24H27N3O3/c1-3-5-11-22-25-27(16-6-4-2)24(30)26(22)17-18-12-14-19(15-13-18)20-9-7-8-10-21(20)23(28)29/h4,6-10,12-15H,3,5,11,16-17H2,1-2H3,(H,28,29). The van der Waals surface area contributed by atoms with Crippen molar-refractivity contribution in [1.29, 1.82) is 0 Å². The lowest BCUT2D eigenvalue weighted by Crippen LogP contribution is -2.25. The summed E-state index contributed by atoms with van der Waals surface area (Å²) in [6.45, 7) is 4.94. The predicted molar refractivity (Wildman–Crippen MR) is 118 cm³/mol. The number of carboxylic acid groups (broad SMARTS) is 1. The molecule has 2 aromatic carbocycles. The van der Waals surface area contributed by atoms with Crippen molar-refractivity contribution in [3.63, 3.8) is 0 Å². The summed E-state index contributed by atoms with van der Waals surface area (Å²) < 4.78 is 3.24. The van der Waals surface area contributed by atoms with E-state index >= 15 is 0 Å². The Morgan fingerprint density at radius 1 is 1.13 bits per heavy atom. The molecule has 0 spiro atoms. The third-order valence-corrected chi connectivity index (χ3v) is 5.03. The second-order valence-corrected chi connectivity index (χ2v) is 7.19. The Kier molecular flexibility index (Phi) is 7.01. The van der Waals surface area contributed by atoms with Crippen LogP contribution in [0.2, 0.25) is 0 Å². The summed E-state index contributed by atoms with van der Waals surface area (Å²) in [6, 6.07) is 14.6. The number of allylic oxidation sites excluding steroid dienone is 2. The largest absolute Gasteiger partial charge is 0.478 e. The fourth-order valence-corrected chi connectivity index (χ4v) is 3.38. The van der Waals surface area contributed by atoms with Crippen LogP contribution in [0.1, 0.15) is 48.4 Å². The number of aromatic carboxylic acids is 1. The molecule has 0 aliphatic heterocycles. The zero-order valence-electron chi connectivity index (χ0n) is 17.4. The molecule has 1 heterocycles. The highest BCUT2D eigenvalue weighted by molar-refractivity contribution is 5.95. The number of aryl methyl sites for hydroxylation is 1. The van der Waals surface area contributed by atoms with Gasteiger partial charge in [-0.15, -0.1) is 0 Å². The first-order valence-corrected chi connectivity index (χ1v) is 10.2. The lowest BCUT2D eigenvalue weighted by molar-refractivity contribution is 0.0697. The minimum atomic E-state index is -0.949. The predicted octanol–water partition coefficient (Wildman–Crippen LogP) is 4.38. The Morgan fingerprint density at radius 2 is 1.87 bits per heavy atom. The van der Waals surface area contributed by atoms with Gasteiger partial charge in [-0.2, -0.15) is 5.10 Å². The van der Waals surface area contributed by atoms with E-state index in [4.69, 9.17) is 0 Å². The van der Waals surface area contributed by atoms with Gasteiger partial charge in [0.2, 0.25) is 0 Å². The van der Waals surface area contributed by atoms with E-state index in [9.17, 15) is 14.7 Å². The molecule has 0 aliphatic rings. The van der Waals surface area contributed by atoms with E-state index < -0.39 is 5.97 Å². The number of carboxylic acids is 1. The molecule has 0 fully saturated rings. The molecule has 1 aromatic heterocycles. The second kappa shape index (κ2) is 9.87. The van der Waals surface area contributed by atoms with E-state index in [1.807, 2.05) is 49.4 Å². The van der Waals surface area contributed by atoms with Crippen molar-refractivity contribution in [1.82, 2.24) is 14.3 Å². The van der Waals surface area contributed by atoms with E-state index in [0.717, 1.165) is 36.2 Å². The molecule has 0 atom stereocenters.